The zero-order valence-corrected chi connectivity index (χ0v) is 9.92. The molecular formula is C12H11IO. The van der Waals surface area contributed by atoms with Crippen molar-refractivity contribution in [2.45, 2.75) is 0 Å². The third-order valence-corrected chi connectivity index (χ3v) is 1.72. The van der Waals surface area contributed by atoms with E-state index >= 15 is 0 Å². The van der Waals surface area contributed by atoms with Crippen molar-refractivity contribution >= 4 is 24.0 Å². The van der Waals surface area contributed by atoms with E-state index in [0.29, 0.717) is 0 Å². The Morgan fingerprint density at radius 3 is 1.29 bits per heavy atom. The van der Waals surface area contributed by atoms with E-state index in [1.54, 1.807) is 0 Å². The van der Waals surface area contributed by atoms with Gasteiger partial charge < -0.3 is 4.74 Å². The lowest BCUT2D eigenvalue weighted by Crippen LogP contribution is -1.81. The first kappa shape index (κ1) is 11.0. The minimum Gasteiger partial charge on any atom is -0.457 e. The molecule has 0 bridgehead atoms. The fourth-order valence-corrected chi connectivity index (χ4v) is 1.11. The molecule has 0 radical (unpaired) electrons. The van der Waals surface area contributed by atoms with Crippen LogP contribution >= 0.6 is 24.0 Å². The summed E-state index contributed by atoms with van der Waals surface area (Å²) in [5.41, 5.74) is 0. The zero-order valence-electron chi connectivity index (χ0n) is 7.59. The summed E-state index contributed by atoms with van der Waals surface area (Å²) in [6, 6.07) is 19.5. The van der Waals surface area contributed by atoms with Crippen molar-refractivity contribution in [2.75, 3.05) is 0 Å². The van der Waals surface area contributed by atoms with E-state index in [2.05, 4.69) is 0 Å². The minimum atomic E-state index is 0. The molecule has 0 N–H and O–H groups in total. The smallest absolute Gasteiger partial charge is 0.127 e. The molecule has 0 saturated heterocycles. The van der Waals surface area contributed by atoms with Crippen molar-refractivity contribution < 1.29 is 4.74 Å². The highest BCUT2D eigenvalue weighted by Crippen LogP contribution is 2.19. The van der Waals surface area contributed by atoms with Gasteiger partial charge in [-0.15, -0.1) is 24.0 Å². The molecule has 0 aliphatic heterocycles. The van der Waals surface area contributed by atoms with Gasteiger partial charge in [0.2, 0.25) is 0 Å². The van der Waals surface area contributed by atoms with Gasteiger partial charge in [-0.25, -0.2) is 0 Å². The van der Waals surface area contributed by atoms with Crippen LogP contribution in [-0.4, -0.2) is 0 Å². The average Bonchev–Trinajstić information content (AvgIpc) is 2.21. The fraction of sp³-hybridized carbons (Fsp3) is 0. The molecule has 2 aromatic carbocycles. The molecule has 0 heterocycles. The summed E-state index contributed by atoms with van der Waals surface area (Å²) >= 11 is 0. The normalized spacial score (nSPS) is 8.86. The van der Waals surface area contributed by atoms with Crippen LogP contribution in [0.25, 0.3) is 0 Å². The van der Waals surface area contributed by atoms with Crippen molar-refractivity contribution in [3.05, 3.63) is 60.7 Å². The van der Waals surface area contributed by atoms with Crippen LogP contribution < -0.4 is 4.74 Å². The second-order valence-electron chi connectivity index (χ2n) is 2.73. The van der Waals surface area contributed by atoms with Crippen molar-refractivity contribution in [1.29, 1.82) is 0 Å². The number of hydrogen-bond acceptors (Lipinski definition) is 1. The molecular weight excluding hydrogens is 287 g/mol. The van der Waals surface area contributed by atoms with Gasteiger partial charge in [-0.1, -0.05) is 36.4 Å². The molecule has 1 nitrogen and oxygen atoms in total. The van der Waals surface area contributed by atoms with Gasteiger partial charge >= 0.3 is 0 Å². The van der Waals surface area contributed by atoms with Crippen molar-refractivity contribution in [2.24, 2.45) is 0 Å². The highest BCUT2D eigenvalue weighted by molar-refractivity contribution is 14.0. The second kappa shape index (κ2) is 5.65. The second-order valence-corrected chi connectivity index (χ2v) is 2.73. The minimum absolute atomic E-state index is 0. The molecule has 2 aromatic rings. The van der Waals surface area contributed by atoms with Crippen LogP contribution in [0.3, 0.4) is 0 Å². The molecule has 0 aromatic heterocycles. The highest BCUT2D eigenvalue weighted by atomic mass is 127. The van der Waals surface area contributed by atoms with E-state index in [9.17, 15) is 0 Å². The zero-order chi connectivity index (χ0) is 8.93. The lowest BCUT2D eigenvalue weighted by atomic mass is 10.3. The molecule has 0 amide bonds. The number of rotatable bonds is 2. The topological polar surface area (TPSA) is 9.23 Å². The summed E-state index contributed by atoms with van der Waals surface area (Å²) in [7, 11) is 0. The van der Waals surface area contributed by atoms with E-state index in [-0.39, 0.29) is 24.0 Å². The Morgan fingerprint density at radius 1 is 0.571 bits per heavy atom. The number of halogens is 1. The number of ether oxygens (including phenoxy) is 1. The van der Waals surface area contributed by atoms with Gasteiger partial charge in [-0.2, -0.15) is 0 Å². The van der Waals surface area contributed by atoms with E-state index in [1.165, 1.54) is 0 Å². The quantitative estimate of drug-likeness (QED) is 0.759. The predicted octanol–water partition coefficient (Wildman–Crippen LogP) is 4.10. The lowest BCUT2D eigenvalue weighted by Gasteiger charge is -2.03. The molecule has 0 atom stereocenters. The summed E-state index contributed by atoms with van der Waals surface area (Å²) in [6.07, 6.45) is 0. The molecule has 72 valence electrons. The first-order chi connectivity index (χ1) is 6.45. The van der Waals surface area contributed by atoms with Crippen LogP contribution in [0, 0.1) is 0 Å². The lowest BCUT2D eigenvalue weighted by molar-refractivity contribution is 0.482. The number of benzene rings is 2. The predicted molar refractivity (Wildman–Crippen MR) is 68.4 cm³/mol. The third kappa shape index (κ3) is 3.03. The van der Waals surface area contributed by atoms with E-state index in [0.717, 1.165) is 11.5 Å². The van der Waals surface area contributed by atoms with Gasteiger partial charge in [0, 0.05) is 0 Å². The maximum Gasteiger partial charge on any atom is 0.127 e. The van der Waals surface area contributed by atoms with Crippen molar-refractivity contribution in [3.63, 3.8) is 0 Å². The van der Waals surface area contributed by atoms with E-state index in [4.69, 9.17) is 4.74 Å². The maximum atomic E-state index is 5.58. The van der Waals surface area contributed by atoms with Crippen LogP contribution in [0.5, 0.6) is 11.5 Å². The van der Waals surface area contributed by atoms with Gasteiger partial charge in [0.25, 0.3) is 0 Å². The average molecular weight is 298 g/mol. The molecule has 0 fully saturated rings. The Hall–Kier alpha value is -1.03. The third-order valence-electron chi connectivity index (χ3n) is 1.72. The first-order valence-electron chi connectivity index (χ1n) is 4.23. The Balaban J connectivity index is 0.000000980. The maximum absolute atomic E-state index is 5.58. The van der Waals surface area contributed by atoms with Crippen LogP contribution in [0.1, 0.15) is 0 Å². The van der Waals surface area contributed by atoms with Gasteiger partial charge in [-0.3, -0.25) is 0 Å². The molecule has 2 heteroatoms. The van der Waals surface area contributed by atoms with E-state index in [1.807, 2.05) is 60.7 Å². The van der Waals surface area contributed by atoms with Gasteiger partial charge in [-0.05, 0) is 24.3 Å². The van der Waals surface area contributed by atoms with Gasteiger partial charge in [0.1, 0.15) is 11.5 Å². The summed E-state index contributed by atoms with van der Waals surface area (Å²) in [5, 5.41) is 0. The van der Waals surface area contributed by atoms with Gasteiger partial charge in [0.05, 0.1) is 0 Å². The first-order valence-corrected chi connectivity index (χ1v) is 4.23. The van der Waals surface area contributed by atoms with Crippen molar-refractivity contribution in [3.8, 4) is 11.5 Å². The van der Waals surface area contributed by atoms with Crippen LogP contribution in [0.2, 0.25) is 0 Å². The Labute approximate surface area is 101 Å². The van der Waals surface area contributed by atoms with Crippen LogP contribution in [-0.2, 0) is 0 Å². The summed E-state index contributed by atoms with van der Waals surface area (Å²) in [6.45, 7) is 0. The fourth-order valence-electron chi connectivity index (χ4n) is 1.11. The van der Waals surface area contributed by atoms with Crippen LogP contribution in [0.15, 0.2) is 60.7 Å². The molecule has 0 aliphatic rings. The molecule has 0 aliphatic carbocycles. The Bertz CT molecular complexity index is 321. The largest absolute Gasteiger partial charge is 0.457 e. The number of hydrogen-bond donors (Lipinski definition) is 0. The molecule has 0 unspecified atom stereocenters. The Kier molecular flexibility index (Phi) is 4.46. The standard InChI is InChI=1S/C12H10O.HI/c1-3-7-11(8-4-1)13-12-9-5-2-6-10-12;/h1-10H;1H. The van der Waals surface area contributed by atoms with Gasteiger partial charge in [0.15, 0.2) is 0 Å². The molecule has 0 saturated carbocycles. The van der Waals surface area contributed by atoms with E-state index < -0.39 is 0 Å². The monoisotopic (exact) mass is 298 g/mol. The van der Waals surface area contributed by atoms with Crippen molar-refractivity contribution in [1.82, 2.24) is 0 Å². The SMILES string of the molecule is I.c1ccc(Oc2ccccc2)cc1. The summed E-state index contributed by atoms with van der Waals surface area (Å²) < 4.78 is 5.58. The number of para-hydroxylation sites is 2. The molecule has 0 spiro atoms. The molecule has 14 heavy (non-hydrogen) atoms. The Morgan fingerprint density at radius 2 is 0.929 bits per heavy atom. The molecule has 2 rings (SSSR count). The summed E-state index contributed by atoms with van der Waals surface area (Å²) in [4.78, 5) is 0. The highest BCUT2D eigenvalue weighted by Gasteiger charge is 1.92. The summed E-state index contributed by atoms with van der Waals surface area (Å²) in [5.74, 6) is 1.74. The van der Waals surface area contributed by atoms with Crippen LogP contribution in [0.4, 0.5) is 0 Å².